The number of likely N-dealkylation sites (tertiary alicyclic amines) is 1. The minimum atomic E-state index is 0.704. The summed E-state index contributed by atoms with van der Waals surface area (Å²) in [4.78, 5) is 5.25. The molecule has 2 fully saturated rings. The number of hydrogen-bond donors (Lipinski definition) is 1. The second-order valence-corrected chi connectivity index (χ2v) is 6.60. The third-order valence-corrected chi connectivity index (χ3v) is 5.19. The summed E-state index contributed by atoms with van der Waals surface area (Å²) in [6.07, 6.45) is 8.27. The molecule has 2 heterocycles. The molecule has 0 saturated carbocycles. The van der Waals surface area contributed by atoms with Crippen LogP contribution >= 0.6 is 0 Å². The van der Waals surface area contributed by atoms with Gasteiger partial charge in [0.1, 0.15) is 0 Å². The number of nitrogens with zero attached hydrogens (tertiary/aromatic N) is 2. The van der Waals surface area contributed by atoms with E-state index in [-0.39, 0.29) is 0 Å². The maximum absolute atomic E-state index is 3.68. The van der Waals surface area contributed by atoms with Crippen LogP contribution in [0.3, 0.4) is 0 Å². The van der Waals surface area contributed by atoms with Crippen LogP contribution < -0.4 is 5.32 Å². The maximum Gasteiger partial charge on any atom is 0.0223 e. The highest BCUT2D eigenvalue weighted by Gasteiger charge is 2.26. The zero-order valence-electron chi connectivity index (χ0n) is 13.2. The Morgan fingerprint density at radius 3 is 2.79 bits per heavy atom. The van der Waals surface area contributed by atoms with Gasteiger partial charge < -0.3 is 10.2 Å². The van der Waals surface area contributed by atoms with E-state index in [1.807, 2.05) is 0 Å². The van der Waals surface area contributed by atoms with Gasteiger partial charge in [0.25, 0.3) is 0 Å². The van der Waals surface area contributed by atoms with Gasteiger partial charge in [0, 0.05) is 24.7 Å². The Hall–Kier alpha value is -0.120. The van der Waals surface area contributed by atoms with Gasteiger partial charge in [0.05, 0.1) is 0 Å². The SMILES string of the molecule is CCN1CCCC1CN(C)C(C)CC1CCCCN1. The Kier molecular flexibility index (Phi) is 6.11. The Bertz CT molecular complexity index is 250. The minimum absolute atomic E-state index is 0.704. The van der Waals surface area contributed by atoms with Crippen LogP contribution in [0.5, 0.6) is 0 Å². The smallest absolute Gasteiger partial charge is 0.0223 e. The lowest BCUT2D eigenvalue weighted by Crippen LogP contribution is -2.45. The van der Waals surface area contributed by atoms with Gasteiger partial charge in [0.15, 0.2) is 0 Å². The van der Waals surface area contributed by atoms with Crippen LogP contribution in [0.25, 0.3) is 0 Å². The molecule has 3 nitrogen and oxygen atoms in total. The van der Waals surface area contributed by atoms with Crippen molar-refractivity contribution in [2.24, 2.45) is 0 Å². The van der Waals surface area contributed by atoms with E-state index in [1.165, 1.54) is 64.7 Å². The van der Waals surface area contributed by atoms with Crippen molar-refractivity contribution in [1.82, 2.24) is 15.1 Å². The summed E-state index contributed by atoms with van der Waals surface area (Å²) in [6, 6.07) is 2.27. The molecular weight excluding hydrogens is 234 g/mol. The highest BCUT2D eigenvalue weighted by Crippen LogP contribution is 2.20. The number of hydrogen-bond acceptors (Lipinski definition) is 3. The molecule has 2 saturated heterocycles. The van der Waals surface area contributed by atoms with E-state index >= 15 is 0 Å². The molecule has 0 aromatic heterocycles. The lowest BCUT2D eigenvalue weighted by Gasteiger charge is -2.34. The third kappa shape index (κ3) is 4.44. The van der Waals surface area contributed by atoms with Crippen molar-refractivity contribution >= 4 is 0 Å². The molecular formula is C16H33N3. The largest absolute Gasteiger partial charge is 0.314 e. The Morgan fingerprint density at radius 2 is 2.11 bits per heavy atom. The zero-order valence-corrected chi connectivity index (χ0v) is 13.2. The molecule has 19 heavy (non-hydrogen) atoms. The topological polar surface area (TPSA) is 18.5 Å². The van der Waals surface area contributed by atoms with Gasteiger partial charge in [-0.3, -0.25) is 4.90 Å². The Labute approximate surface area is 119 Å². The van der Waals surface area contributed by atoms with Crippen molar-refractivity contribution in [3.05, 3.63) is 0 Å². The number of rotatable bonds is 6. The second kappa shape index (κ2) is 7.61. The van der Waals surface area contributed by atoms with Gasteiger partial charge >= 0.3 is 0 Å². The molecule has 112 valence electrons. The van der Waals surface area contributed by atoms with Crippen LogP contribution in [0.1, 0.15) is 52.4 Å². The standard InChI is InChI=1S/C16H33N3/c1-4-19-11-7-9-16(19)13-18(3)14(2)12-15-8-5-6-10-17-15/h14-17H,4-13H2,1-3H3. The van der Waals surface area contributed by atoms with E-state index in [2.05, 4.69) is 36.0 Å². The molecule has 0 amide bonds. The van der Waals surface area contributed by atoms with E-state index < -0.39 is 0 Å². The van der Waals surface area contributed by atoms with Crippen LogP contribution in [0.2, 0.25) is 0 Å². The van der Waals surface area contributed by atoms with Crippen molar-refractivity contribution in [2.45, 2.75) is 70.5 Å². The first-order valence-corrected chi connectivity index (χ1v) is 8.38. The lowest BCUT2D eigenvalue weighted by molar-refractivity contribution is 0.155. The summed E-state index contributed by atoms with van der Waals surface area (Å²) in [5, 5.41) is 3.68. The van der Waals surface area contributed by atoms with Gasteiger partial charge in [0.2, 0.25) is 0 Å². The fraction of sp³-hybridized carbons (Fsp3) is 1.00. The maximum atomic E-state index is 3.68. The molecule has 0 spiro atoms. The minimum Gasteiger partial charge on any atom is -0.314 e. The highest BCUT2D eigenvalue weighted by molar-refractivity contribution is 4.83. The first-order valence-electron chi connectivity index (χ1n) is 8.38. The fourth-order valence-electron chi connectivity index (χ4n) is 3.75. The predicted molar refractivity (Wildman–Crippen MR) is 82.6 cm³/mol. The number of nitrogens with one attached hydrogen (secondary N) is 1. The summed E-state index contributed by atoms with van der Waals surface area (Å²) in [5.41, 5.74) is 0. The van der Waals surface area contributed by atoms with Gasteiger partial charge in [-0.1, -0.05) is 13.3 Å². The summed E-state index contributed by atoms with van der Waals surface area (Å²) >= 11 is 0. The molecule has 2 rings (SSSR count). The molecule has 2 aliphatic rings. The summed E-state index contributed by atoms with van der Waals surface area (Å²) in [5.74, 6) is 0. The van der Waals surface area contributed by atoms with Gasteiger partial charge in [-0.2, -0.15) is 0 Å². The molecule has 1 N–H and O–H groups in total. The van der Waals surface area contributed by atoms with Gasteiger partial charge in [-0.05, 0) is 65.7 Å². The second-order valence-electron chi connectivity index (χ2n) is 6.60. The normalized spacial score (nSPS) is 30.9. The molecule has 0 aromatic rings. The molecule has 0 aliphatic carbocycles. The van der Waals surface area contributed by atoms with Crippen molar-refractivity contribution < 1.29 is 0 Å². The lowest BCUT2D eigenvalue weighted by atomic mass is 9.98. The summed E-state index contributed by atoms with van der Waals surface area (Å²) in [6.45, 7) is 9.72. The van der Waals surface area contributed by atoms with Crippen molar-refractivity contribution in [3.8, 4) is 0 Å². The third-order valence-electron chi connectivity index (χ3n) is 5.19. The average Bonchev–Trinajstić information content (AvgIpc) is 2.87. The Balaban J connectivity index is 1.73. The van der Waals surface area contributed by atoms with E-state index in [4.69, 9.17) is 0 Å². The first kappa shape index (κ1) is 15.3. The van der Waals surface area contributed by atoms with Crippen molar-refractivity contribution in [2.75, 3.05) is 33.2 Å². The van der Waals surface area contributed by atoms with Crippen molar-refractivity contribution in [3.63, 3.8) is 0 Å². The van der Waals surface area contributed by atoms with Crippen LogP contribution in [-0.2, 0) is 0 Å². The molecule has 3 heteroatoms. The van der Waals surface area contributed by atoms with Crippen LogP contribution in [0.15, 0.2) is 0 Å². The van der Waals surface area contributed by atoms with Gasteiger partial charge in [-0.25, -0.2) is 0 Å². The molecule has 0 bridgehead atoms. The highest BCUT2D eigenvalue weighted by atomic mass is 15.2. The molecule has 3 atom stereocenters. The monoisotopic (exact) mass is 267 g/mol. The number of piperidine rings is 1. The molecule has 0 radical (unpaired) electrons. The first-order chi connectivity index (χ1) is 9.20. The van der Waals surface area contributed by atoms with E-state index in [0.29, 0.717) is 6.04 Å². The van der Waals surface area contributed by atoms with Crippen LogP contribution in [-0.4, -0.2) is 61.2 Å². The fourth-order valence-corrected chi connectivity index (χ4v) is 3.75. The van der Waals surface area contributed by atoms with Crippen LogP contribution in [0.4, 0.5) is 0 Å². The molecule has 0 aromatic carbocycles. The van der Waals surface area contributed by atoms with Gasteiger partial charge in [-0.15, -0.1) is 0 Å². The quantitative estimate of drug-likeness (QED) is 0.797. The summed E-state index contributed by atoms with van der Waals surface area (Å²) < 4.78 is 0. The number of likely N-dealkylation sites (N-methyl/N-ethyl adjacent to an activating group) is 2. The average molecular weight is 267 g/mol. The van der Waals surface area contributed by atoms with E-state index in [1.54, 1.807) is 0 Å². The van der Waals surface area contributed by atoms with Crippen LogP contribution in [0, 0.1) is 0 Å². The Morgan fingerprint density at radius 1 is 1.26 bits per heavy atom. The predicted octanol–water partition coefficient (Wildman–Crippen LogP) is 2.32. The zero-order chi connectivity index (χ0) is 13.7. The van der Waals surface area contributed by atoms with Crippen molar-refractivity contribution in [1.29, 1.82) is 0 Å². The van der Waals surface area contributed by atoms with E-state index in [9.17, 15) is 0 Å². The molecule has 3 unspecified atom stereocenters. The molecule has 2 aliphatic heterocycles. The summed E-state index contributed by atoms with van der Waals surface area (Å²) in [7, 11) is 2.32. The van der Waals surface area contributed by atoms with E-state index in [0.717, 1.165) is 12.1 Å².